The van der Waals surface area contributed by atoms with E-state index in [9.17, 15) is 9.59 Å². The number of hydrogen-bond donors (Lipinski definition) is 1. The van der Waals surface area contributed by atoms with Crippen molar-refractivity contribution in [3.8, 4) is 0 Å². The van der Waals surface area contributed by atoms with E-state index in [1.165, 1.54) is 18.9 Å². The van der Waals surface area contributed by atoms with Crippen LogP contribution in [0.2, 0.25) is 0 Å². The second kappa shape index (κ2) is 6.00. The van der Waals surface area contributed by atoms with E-state index < -0.39 is 11.4 Å². The van der Waals surface area contributed by atoms with Crippen LogP contribution in [0.3, 0.4) is 0 Å². The summed E-state index contributed by atoms with van der Waals surface area (Å²) in [6.07, 6.45) is 0. The van der Waals surface area contributed by atoms with Crippen molar-refractivity contribution in [2.75, 3.05) is 18.6 Å². The zero-order valence-corrected chi connectivity index (χ0v) is 10.4. The van der Waals surface area contributed by atoms with Crippen molar-refractivity contribution in [2.45, 2.75) is 20.8 Å². The summed E-state index contributed by atoms with van der Waals surface area (Å²) < 4.78 is 4.65. The smallest absolute Gasteiger partial charge is 0.312 e. The summed E-state index contributed by atoms with van der Waals surface area (Å²) in [6.45, 7) is 5.23. The van der Waals surface area contributed by atoms with E-state index in [0.717, 1.165) is 0 Å². The SMILES string of the molecule is COC(=O)C(C)(C)CSCC(C)C(=O)O. The number of esters is 1. The second-order valence-corrected chi connectivity index (χ2v) is 5.16. The molecule has 0 saturated carbocycles. The number of aliphatic carboxylic acids is 1. The maximum absolute atomic E-state index is 11.3. The van der Waals surface area contributed by atoms with Crippen molar-refractivity contribution >= 4 is 23.7 Å². The molecule has 0 amide bonds. The fraction of sp³-hybridized carbons (Fsp3) is 0.800. The first-order valence-electron chi connectivity index (χ1n) is 4.70. The van der Waals surface area contributed by atoms with Crippen LogP contribution in [0.15, 0.2) is 0 Å². The maximum Gasteiger partial charge on any atom is 0.312 e. The molecule has 0 aliphatic rings. The lowest BCUT2D eigenvalue weighted by Gasteiger charge is -2.21. The fourth-order valence-corrected chi connectivity index (χ4v) is 2.14. The van der Waals surface area contributed by atoms with Gasteiger partial charge in [0.15, 0.2) is 0 Å². The van der Waals surface area contributed by atoms with Gasteiger partial charge < -0.3 is 9.84 Å². The molecule has 1 unspecified atom stereocenters. The summed E-state index contributed by atoms with van der Waals surface area (Å²) >= 11 is 1.46. The Kier molecular flexibility index (Phi) is 5.72. The molecule has 0 aliphatic heterocycles. The van der Waals surface area contributed by atoms with E-state index in [1.807, 2.05) is 0 Å². The van der Waals surface area contributed by atoms with Crippen molar-refractivity contribution in [3.05, 3.63) is 0 Å². The average Bonchev–Trinajstić information content (AvgIpc) is 2.15. The van der Waals surface area contributed by atoms with Gasteiger partial charge in [-0.3, -0.25) is 9.59 Å². The van der Waals surface area contributed by atoms with E-state index >= 15 is 0 Å². The lowest BCUT2D eigenvalue weighted by atomic mass is 9.97. The quantitative estimate of drug-likeness (QED) is 0.708. The molecule has 0 bridgehead atoms. The van der Waals surface area contributed by atoms with Crippen LogP contribution in [0.25, 0.3) is 0 Å². The third-order valence-electron chi connectivity index (χ3n) is 1.99. The number of thioether (sulfide) groups is 1. The van der Waals surface area contributed by atoms with Gasteiger partial charge in [-0.05, 0) is 13.8 Å². The molecule has 0 aromatic heterocycles. The number of carbonyl (C=O) groups is 2. The Labute approximate surface area is 94.4 Å². The first kappa shape index (κ1) is 14.3. The fourth-order valence-electron chi connectivity index (χ4n) is 0.897. The summed E-state index contributed by atoms with van der Waals surface area (Å²) in [7, 11) is 1.36. The van der Waals surface area contributed by atoms with Crippen LogP contribution in [-0.4, -0.2) is 35.7 Å². The molecular formula is C10H18O4S. The molecule has 15 heavy (non-hydrogen) atoms. The van der Waals surface area contributed by atoms with Crippen LogP contribution in [0, 0.1) is 11.3 Å². The van der Waals surface area contributed by atoms with Gasteiger partial charge >= 0.3 is 11.9 Å². The minimum absolute atomic E-state index is 0.266. The number of ether oxygens (including phenoxy) is 1. The monoisotopic (exact) mass is 234 g/mol. The van der Waals surface area contributed by atoms with Crippen molar-refractivity contribution in [1.29, 1.82) is 0 Å². The Morgan fingerprint density at radius 3 is 2.40 bits per heavy atom. The highest BCUT2D eigenvalue weighted by Crippen LogP contribution is 2.24. The van der Waals surface area contributed by atoms with Crippen LogP contribution < -0.4 is 0 Å². The van der Waals surface area contributed by atoms with E-state index in [2.05, 4.69) is 4.74 Å². The van der Waals surface area contributed by atoms with Gasteiger partial charge in [0.2, 0.25) is 0 Å². The van der Waals surface area contributed by atoms with Crippen LogP contribution in [0.1, 0.15) is 20.8 Å². The zero-order valence-electron chi connectivity index (χ0n) is 9.57. The maximum atomic E-state index is 11.3. The highest BCUT2D eigenvalue weighted by molar-refractivity contribution is 7.99. The van der Waals surface area contributed by atoms with E-state index in [4.69, 9.17) is 5.11 Å². The summed E-state index contributed by atoms with van der Waals surface area (Å²) in [4.78, 5) is 21.8. The molecule has 1 atom stereocenters. The van der Waals surface area contributed by atoms with E-state index in [1.54, 1.807) is 20.8 Å². The molecule has 0 spiro atoms. The normalized spacial score (nSPS) is 13.3. The van der Waals surface area contributed by atoms with E-state index in [-0.39, 0.29) is 11.9 Å². The molecule has 5 heteroatoms. The van der Waals surface area contributed by atoms with Gasteiger partial charge in [-0.25, -0.2) is 0 Å². The number of rotatable bonds is 6. The second-order valence-electron chi connectivity index (χ2n) is 4.13. The Morgan fingerprint density at radius 1 is 1.47 bits per heavy atom. The summed E-state index contributed by atoms with van der Waals surface area (Å²) in [6, 6.07) is 0. The molecule has 0 aliphatic carbocycles. The summed E-state index contributed by atoms with van der Waals surface area (Å²) in [5, 5.41) is 8.66. The van der Waals surface area contributed by atoms with Gasteiger partial charge in [0.05, 0.1) is 18.4 Å². The van der Waals surface area contributed by atoms with Gasteiger partial charge in [0, 0.05) is 11.5 Å². The molecule has 0 rings (SSSR count). The first-order valence-corrected chi connectivity index (χ1v) is 5.85. The molecule has 4 nitrogen and oxygen atoms in total. The average molecular weight is 234 g/mol. The number of carboxylic acids is 1. The Balaban J connectivity index is 3.95. The molecule has 0 heterocycles. The first-order chi connectivity index (χ1) is 6.81. The standard InChI is InChI=1S/C10H18O4S/c1-7(8(11)12)5-15-6-10(2,3)9(13)14-4/h7H,5-6H2,1-4H3,(H,11,12). The van der Waals surface area contributed by atoms with Crippen molar-refractivity contribution in [3.63, 3.8) is 0 Å². The van der Waals surface area contributed by atoms with Crippen LogP contribution in [-0.2, 0) is 14.3 Å². The minimum atomic E-state index is -0.807. The van der Waals surface area contributed by atoms with Gasteiger partial charge in [0.1, 0.15) is 0 Å². The van der Waals surface area contributed by atoms with E-state index in [0.29, 0.717) is 11.5 Å². The third kappa shape index (κ3) is 5.06. The highest BCUT2D eigenvalue weighted by atomic mass is 32.2. The Morgan fingerprint density at radius 2 is 2.00 bits per heavy atom. The number of hydrogen-bond acceptors (Lipinski definition) is 4. The molecule has 0 saturated heterocycles. The van der Waals surface area contributed by atoms with Crippen LogP contribution in [0.5, 0.6) is 0 Å². The lowest BCUT2D eigenvalue weighted by molar-refractivity contribution is -0.149. The third-order valence-corrected chi connectivity index (χ3v) is 3.65. The molecule has 0 radical (unpaired) electrons. The van der Waals surface area contributed by atoms with Crippen LogP contribution in [0.4, 0.5) is 0 Å². The Hall–Kier alpha value is -0.710. The predicted octanol–water partition coefficient (Wildman–Crippen LogP) is 1.64. The zero-order chi connectivity index (χ0) is 12.1. The molecule has 0 aromatic carbocycles. The largest absolute Gasteiger partial charge is 0.481 e. The van der Waals surface area contributed by atoms with Crippen molar-refractivity contribution in [2.24, 2.45) is 11.3 Å². The Bertz CT molecular complexity index is 238. The molecule has 88 valence electrons. The molecule has 0 fully saturated rings. The predicted molar refractivity (Wildman–Crippen MR) is 59.9 cm³/mol. The topological polar surface area (TPSA) is 63.6 Å². The van der Waals surface area contributed by atoms with Crippen molar-refractivity contribution < 1.29 is 19.4 Å². The van der Waals surface area contributed by atoms with Gasteiger partial charge in [-0.15, -0.1) is 0 Å². The highest BCUT2D eigenvalue weighted by Gasteiger charge is 2.28. The summed E-state index contributed by atoms with van der Waals surface area (Å²) in [5.74, 6) is -0.382. The van der Waals surface area contributed by atoms with Crippen molar-refractivity contribution in [1.82, 2.24) is 0 Å². The lowest BCUT2D eigenvalue weighted by Crippen LogP contribution is -2.28. The minimum Gasteiger partial charge on any atom is -0.481 e. The van der Waals surface area contributed by atoms with Gasteiger partial charge in [-0.2, -0.15) is 11.8 Å². The number of carboxylic acid groups (broad SMARTS) is 1. The number of carbonyl (C=O) groups excluding carboxylic acids is 1. The molecule has 0 aromatic rings. The number of methoxy groups -OCH3 is 1. The van der Waals surface area contributed by atoms with Crippen LogP contribution >= 0.6 is 11.8 Å². The molecular weight excluding hydrogens is 216 g/mol. The van der Waals surface area contributed by atoms with Gasteiger partial charge in [-0.1, -0.05) is 6.92 Å². The summed E-state index contributed by atoms with van der Waals surface area (Å²) in [5.41, 5.74) is -0.558. The molecule has 1 N–H and O–H groups in total. The van der Waals surface area contributed by atoms with Gasteiger partial charge in [0.25, 0.3) is 0 Å².